The maximum absolute atomic E-state index is 13.1. The van der Waals surface area contributed by atoms with E-state index in [0.29, 0.717) is 44.3 Å². The van der Waals surface area contributed by atoms with Crippen molar-refractivity contribution in [2.24, 2.45) is 5.92 Å². The maximum atomic E-state index is 13.1. The van der Waals surface area contributed by atoms with Crippen molar-refractivity contribution in [2.75, 3.05) is 56.8 Å². The number of aryl methyl sites for hydroxylation is 1. The zero-order chi connectivity index (χ0) is 26.6. The van der Waals surface area contributed by atoms with E-state index >= 15 is 0 Å². The number of ether oxygens (including phenoxy) is 2. The van der Waals surface area contributed by atoms with Crippen molar-refractivity contribution in [1.82, 2.24) is 9.88 Å². The van der Waals surface area contributed by atoms with E-state index in [4.69, 9.17) is 9.47 Å². The van der Waals surface area contributed by atoms with E-state index in [2.05, 4.69) is 15.2 Å². The van der Waals surface area contributed by atoms with E-state index in [-0.39, 0.29) is 26.1 Å². The molecule has 1 aromatic heterocycles. The van der Waals surface area contributed by atoms with Gasteiger partial charge < -0.3 is 29.7 Å². The third-order valence-electron chi connectivity index (χ3n) is 7.00. The first-order valence-electron chi connectivity index (χ1n) is 12.5. The summed E-state index contributed by atoms with van der Waals surface area (Å²) in [5.41, 5.74) is 3.17. The fourth-order valence-corrected chi connectivity index (χ4v) is 4.82. The van der Waals surface area contributed by atoms with E-state index in [0.717, 1.165) is 22.5 Å². The lowest BCUT2D eigenvalue weighted by Gasteiger charge is -2.28. The lowest BCUT2D eigenvalue weighted by atomic mass is 10.00. The van der Waals surface area contributed by atoms with Gasteiger partial charge >= 0.3 is 12.2 Å². The second-order valence-corrected chi connectivity index (χ2v) is 9.50. The number of hydrogen-bond acceptors (Lipinski definition) is 6. The number of nitrogens with zero attached hydrogens (tertiary/aromatic N) is 3. The monoisotopic (exact) mass is 522 g/mol. The predicted molar refractivity (Wildman–Crippen MR) is 134 cm³/mol. The first-order valence-corrected chi connectivity index (χ1v) is 12.5. The van der Waals surface area contributed by atoms with Crippen molar-refractivity contribution in [1.29, 1.82) is 0 Å². The van der Waals surface area contributed by atoms with Crippen LogP contribution in [0.15, 0.2) is 30.3 Å². The van der Waals surface area contributed by atoms with Crippen LogP contribution in [0.25, 0.3) is 11.1 Å². The van der Waals surface area contributed by atoms with Crippen LogP contribution in [0.2, 0.25) is 0 Å². The SMILES string of the molecule is Cc1ccc(NC(=O)N(C)C2CCC(C(F)(F)F)C2)cc1-c1cc(OCCO)nc(N2CCOCC2)c1. The quantitative estimate of drug-likeness (QED) is 0.559. The number of anilines is 2. The van der Waals surface area contributed by atoms with Crippen LogP contribution in [-0.2, 0) is 4.74 Å². The van der Waals surface area contributed by atoms with Gasteiger partial charge in [0.15, 0.2) is 0 Å². The third-order valence-corrected chi connectivity index (χ3v) is 7.00. The van der Waals surface area contributed by atoms with Crippen LogP contribution in [0.1, 0.15) is 24.8 Å². The molecule has 1 saturated heterocycles. The molecule has 37 heavy (non-hydrogen) atoms. The molecular weight excluding hydrogens is 489 g/mol. The molecule has 0 bridgehead atoms. The number of morpholine rings is 1. The summed E-state index contributed by atoms with van der Waals surface area (Å²) in [5.74, 6) is -0.266. The summed E-state index contributed by atoms with van der Waals surface area (Å²) in [7, 11) is 1.54. The molecule has 2 aromatic rings. The van der Waals surface area contributed by atoms with Gasteiger partial charge in [-0.25, -0.2) is 4.79 Å². The molecule has 1 aliphatic heterocycles. The number of aromatic nitrogens is 1. The normalized spacial score (nSPS) is 20.1. The Bertz CT molecular complexity index is 1090. The third kappa shape index (κ3) is 6.64. The smallest absolute Gasteiger partial charge is 0.391 e. The summed E-state index contributed by atoms with van der Waals surface area (Å²) in [6.07, 6.45) is -3.95. The summed E-state index contributed by atoms with van der Waals surface area (Å²) in [5, 5.41) is 12.0. The molecule has 202 valence electrons. The average molecular weight is 523 g/mol. The Kier molecular flexibility index (Phi) is 8.43. The molecule has 0 radical (unpaired) electrons. The summed E-state index contributed by atoms with van der Waals surface area (Å²) in [6, 6.07) is 8.32. The lowest BCUT2D eigenvalue weighted by molar-refractivity contribution is -0.173. The minimum Gasteiger partial charge on any atom is -0.475 e. The molecule has 2 unspecified atom stereocenters. The summed E-state index contributed by atoms with van der Waals surface area (Å²) in [4.78, 5) is 20.9. The lowest BCUT2D eigenvalue weighted by Crippen LogP contribution is -2.39. The molecule has 2 fully saturated rings. The minimum absolute atomic E-state index is 0.0364. The Hall–Kier alpha value is -3.05. The van der Waals surface area contributed by atoms with Crippen LogP contribution in [0.5, 0.6) is 5.88 Å². The number of carbonyl (C=O) groups is 1. The van der Waals surface area contributed by atoms with Gasteiger partial charge in [-0.05, 0) is 61.1 Å². The highest BCUT2D eigenvalue weighted by atomic mass is 19.4. The fourth-order valence-electron chi connectivity index (χ4n) is 4.82. The molecule has 1 aromatic carbocycles. The highest BCUT2D eigenvalue weighted by Crippen LogP contribution is 2.40. The average Bonchev–Trinajstić information content (AvgIpc) is 3.39. The van der Waals surface area contributed by atoms with Crippen molar-refractivity contribution in [3.05, 3.63) is 35.9 Å². The van der Waals surface area contributed by atoms with E-state index in [1.165, 1.54) is 11.9 Å². The molecule has 1 saturated carbocycles. The number of aliphatic hydroxyl groups excluding tert-OH is 1. The van der Waals surface area contributed by atoms with Gasteiger partial charge in [-0.3, -0.25) is 0 Å². The highest BCUT2D eigenvalue weighted by molar-refractivity contribution is 5.90. The maximum Gasteiger partial charge on any atom is 0.391 e. The Morgan fingerprint density at radius 3 is 2.68 bits per heavy atom. The molecule has 4 rings (SSSR count). The van der Waals surface area contributed by atoms with Crippen molar-refractivity contribution in [3.8, 4) is 17.0 Å². The molecule has 2 heterocycles. The largest absolute Gasteiger partial charge is 0.475 e. The molecule has 2 atom stereocenters. The molecule has 2 aliphatic rings. The Labute approximate surface area is 214 Å². The molecule has 11 heteroatoms. The number of nitrogens with one attached hydrogen (secondary N) is 1. The number of hydrogen-bond donors (Lipinski definition) is 2. The van der Waals surface area contributed by atoms with Gasteiger partial charge in [0.05, 0.1) is 25.7 Å². The number of rotatable bonds is 7. The number of benzene rings is 1. The van der Waals surface area contributed by atoms with Gasteiger partial charge in [0.1, 0.15) is 12.4 Å². The van der Waals surface area contributed by atoms with Crippen molar-refractivity contribution in [2.45, 2.75) is 38.4 Å². The number of alkyl halides is 3. The Balaban J connectivity index is 1.54. The van der Waals surface area contributed by atoms with Crippen LogP contribution >= 0.6 is 0 Å². The van der Waals surface area contributed by atoms with E-state index in [1.54, 1.807) is 12.1 Å². The Morgan fingerprint density at radius 1 is 1.24 bits per heavy atom. The second kappa shape index (κ2) is 11.6. The minimum atomic E-state index is -4.23. The van der Waals surface area contributed by atoms with Crippen molar-refractivity contribution in [3.63, 3.8) is 0 Å². The number of amides is 2. The van der Waals surface area contributed by atoms with Gasteiger partial charge in [0.2, 0.25) is 5.88 Å². The summed E-state index contributed by atoms with van der Waals surface area (Å²) < 4.78 is 50.3. The van der Waals surface area contributed by atoms with E-state index in [9.17, 15) is 23.1 Å². The number of carbonyl (C=O) groups excluding carboxylic acids is 1. The number of urea groups is 1. The van der Waals surface area contributed by atoms with Gasteiger partial charge in [-0.2, -0.15) is 18.2 Å². The van der Waals surface area contributed by atoms with Crippen LogP contribution in [0.4, 0.5) is 29.5 Å². The van der Waals surface area contributed by atoms with Crippen LogP contribution in [-0.4, -0.2) is 79.8 Å². The van der Waals surface area contributed by atoms with Crippen LogP contribution < -0.4 is 15.0 Å². The predicted octanol–water partition coefficient (Wildman–Crippen LogP) is 4.46. The van der Waals surface area contributed by atoms with Gasteiger partial charge in [0, 0.05) is 37.9 Å². The fraction of sp³-hybridized carbons (Fsp3) is 0.538. The van der Waals surface area contributed by atoms with Crippen molar-refractivity contribution >= 4 is 17.5 Å². The topological polar surface area (TPSA) is 87.2 Å². The zero-order valence-electron chi connectivity index (χ0n) is 21.1. The molecule has 1 aliphatic carbocycles. The first-order chi connectivity index (χ1) is 17.7. The van der Waals surface area contributed by atoms with Gasteiger partial charge in [0.25, 0.3) is 0 Å². The number of pyridine rings is 1. The summed E-state index contributed by atoms with van der Waals surface area (Å²) in [6.45, 7) is 4.48. The van der Waals surface area contributed by atoms with Gasteiger partial charge in [-0.15, -0.1) is 0 Å². The number of halogens is 3. The zero-order valence-corrected chi connectivity index (χ0v) is 21.1. The van der Waals surface area contributed by atoms with Crippen LogP contribution in [0, 0.1) is 12.8 Å². The molecule has 2 amide bonds. The standard InChI is InChI=1S/C26H33F3N4O4/c1-17-3-5-20(30-25(35)32(2)21-6-4-19(15-21)26(27,28)29)16-22(17)18-13-23(33-7-10-36-11-8-33)31-24(14-18)37-12-9-34/h3,5,13-14,16,19,21,34H,4,6-12,15H2,1-2H3,(H,30,35). The second-order valence-electron chi connectivity index (χ2n) is 9.50. The highest BCUT2D eigenvalue weighted by Gasteiger charge is 2.45. The number of aliphatic hydroxyl groups is 1. The Morgan fingerprint density at radius 2 is 2.00 bits per heavy atom. The van der Waals surface area contributed by atoms with Crippen LogP contribution in [0.3, 0.4) is 0 Å². The molecule has 2 N–H and O–H groups in total. The first kappa shape index (κ1) is 27.0. The van der Waals surface area contributed by atoms with E-state index < -0.39 is 24.2 Å². The van der Waals surface area contributed by atoms with Gasteiger partial charge in [-0.1, -0.05) is 6.07 Å². The van der Waals surface area contributed by atoms with E-state index in [1.807, 2.05) is 25.1 Å². The van der Waals surface area contributed by atoms with Crippen molar-refractivity contribution < 1.29 is 32.5 Å². The molecule has 8 nitrogen and oxygen atoms in total. The molecular formula is C26H33F3N4O4. The summed E-state index contributed by atoms with van der Waals surface area (Å²) >= 11 is 0. The molecule has 0 spiro atoms.